The Bertz CT molecular complexity index is 1120. The maximum atomic E-state index is 12.5. The van der Waals surface area contributed by atoms with E-state index in [1.54, 1.807) is 38.2 Å². The summed E-state index contributed by atoms with van der Waals surface area (Å²) in [6.45, 7) is 10.3. The molecule has 0 bridgehead atoms. The Kier molecular flexibility index (Phi) is 8.98. The number of methoxy groups -OCH3 is 2. The Hall–Kier alpha value is -3.01. The second-order valence-corrected chi connectivity index (χ2v) is 10.2. The van der Waals surface area contributed by atoms with Gasteiger partial charge in [-0.3, -0.25) is 4.79 Å². The number of rotatable bonds is 12. The van der Waals surface area contributed by atoms with Gasteiger partial charge < -0.3 is 20.1 Å². The van der Waals surface area contributed by atoms with Crippen molar-refractivity contribution in [3.05, 3.63) is 30.0 Å². The highest BCUT2D eigenvalue weighted by atomic mass is 32.2. The molecule has 0 saturated heterocycles. The van der Waals surface area contributed by atoms with Crippen LogP contribution in [0.15, 0.2) is 29.6 Å². The number of fused-ring (bicyclic) bond motifs is 1. The van der Waals surface area contributed by atoms with Gasteiger partial charge in [-0.2, -0.15) is 5.10 Å². The second kappa shape index (κ2) is 11.9. The Morgan fingerprint density at radius 3 is 2.56 bits per heavy atom. The van der Waals surface area contributed by atoms with Gasteiger partial charge in [0.05, 0.1) is 38.8 Å². The van der Waals surface area contributed by atoms with E-state index in [0.29, 0.717) is 40.9 Å². The van der Waals surface area contributed by atoms with E-state index in [9.17, 15) is 4.79 Å². The molecule has 34 heavy (non-hydrogen) atoms. The number of ether oxygens (including phenoxy) is 2. The van der Waals surface area contributed by atoms with Crippen molar-refractivity contribution < 1.29 is 14.3 Å². The van der Waals surface area contributed by atoms with Gasteiger partial charge in [-0.15, -0.1) is 0 Å². The van der Waals surface area contributed by atoms with E-state index in [-0.39, 0.29) is 12.3 Å². The predicted molar refractivity (Wildman–Crippen MR) is 136 cm³/mol. The lowest BCUT2D eigenvalue weighted by atomic mass is 10.1. The van der Waals surface area contributed by atoms with Crippen LogP contribution in [0.2, 0.25) is 0 Å². The van der Waals surface area contributed by atoms with Crippen LogP contribution < -0.4 is 20.1 Å². The minimum Gasteiger partial charge on any atom is -0.493 e. The molecule has 184 valence electrons. The highest BCUT2D eigenvalue weighted by Gasteiger charge is 2.15. The standard InChI is InChI=1S/C24H34N6O3S/c1-15(2)13-26-22-18-14-27-30(23(18)29-24(28-22)34-16(3)4)10-9-25-21(31)12-17-7-8-19(32-5)20(11-17)33-6/h7-8,11,14-16H,9-10,12-13H2,1-6H3,(H,25,31)(H,26,28,29). The molecule has 0 spiro atoms. The molecule has 0 atom stereocenters. The second-order valence-electron chi connectivity index (χ2n) is 8.62. The van der Waals surface area contributed by atoms with Crippen molar-refractivity contribution in [2.75, 3.05) is 32.6 Å². The van der Waals surface area contributed by atoms with E-state index >= 15 is 0 Å². The molecule has 0 unspecified atom stereocenters. The number of carbonyl (C=O) groups excluding carboxylic acids is 1. The van der Waals surface area contributed by atoms with Crippen molar-refractivity contribution in [2.24, 2.45) is 5.92 Å². The van der Waals surface area contributed by atoms with Crippen molar-refractivity contribution in [3.8, 4) is 11.5 Å². The van der Waals surface area contributed by atoms with Crippen LogP contribution in [0.4, 0.5) is 5.82 Å². The summed E-state index contributed by atoms with van der Waals surface area (Å²) >= 11 is 1.62. The summed E-state index contributed by atoms with van der Waals surface area (Å²) in [5.74, 6) is 2.45. The number of anilines is 1. The number of hydrogen-bond donors (Lipinski definition) is 2. The van der Waals surface area contributed by atoms with Crippen LogP contribution in [0.3, 0.4) is 0 Å². The molecule has 3 rings (SSSR count). The van der Waals surface area contributed by atoms with Gasteiger partial charge in [0, 0.05) is 18.3 Å². The molecule has 0 saturated carbocycles. The van der Waals surface area contributed by atoms with Gasteiger partial charge in [-0.05, 0) is 23.6 Å². The molecule has 2 aromatic heterocycles. The lowest BCUT2D eigenvalue weighted by molar-refractivity contribution is -0.120. The van der Waals surface area contributed by atoms with Gasteiger partial charge in [-0.25, -0.2) is 14.6 Å². The van der Waals surface area contributed by atoms with Crippen molar-refractivity contribution >= 4 is 34.5 Å². The molecule has 9 nitrogen and oxygen atoms in total. The zero-order valence-corrected chi connectivity index (χ0v) is 21.5. The summed E-state index contributed by atoms with van der Waals surface area (Å²) in [5.41, 5.74) is 1.61. The Morgan fingerprint density at radius 2 is 1.88 bits per heavy atom. The van der Waals surface area contributed by atoms with Crippen LogP contribution in [0.1, 0.15) is 33.3 Å². The molecule has 3 aromatic rings. The molecule has 0 aliphatic rings. The molecule has 2 N–H and O–H groups in total. The maximum absolute atomic E-state index is 12.5. The molecular formula is C24H34N6O3S. The van der Waals surface area contributed by atoms with E-state index in [4.69, 9.17) is 19.4 Å². The average Bonchev–Trinajstić information content (AvgIpc) is 3.19. The van der Waals surface area contributed by atoms with E-state index in [1.165, 1.54) is 0 Å². The van der Waals surface area contributed by atoms with Gasteiger partial charge in [0.25, 0.3) is 0 Å². The number of nitrogens with zero attached hydrogens (tertiary/aromatic N) is 4. The third-order valence-electron chi connectivity index (χ3n) is 4.95. The molecule has 10 heteroatoms. The average molecular weight is 487 g/mol. The Labute approximate surface area is 205 Å². The Balaban J connectivity index is 1.67. The first kappa shape index (κ1) is 25.6. The fourth-order valence-electron chi connectivity index (χ4n) is 3.34. The van der Waals surface area contributed by atoms with Crippen LogP contribution in [0.25, 0.3) is 11.0 Å². The third-order valence-corrected chi connectivity index (χ3v) is 5.82. The lowest BCUT2D eigenvalue weighted by Crippen LogP contribution is -2.29. The summed E-state index contributed by atoms with van der Waals surface area (Å²) in [5, 5.41) is 12.9. The van der Waals surface area contributed by atoms with E-state index in [1.807, 2.05) is 16.8 Å². The molecule has 2 heterocycles. The lowest BCUT2D eigenvalue weighted by Gasteiger charge is -2.12. The monoisotopic (exact) mass is 486 g/mol. The van der Waals surface area contributed by atoms with Gasteiger partial charge in [-0.1, -0.05) is 45.5 Å². The number of nitrogens with one attached hydrogen (secondary N) is 2. The number of carbonyl (C=O) groups is 1. The zero-order chi connectivity index (χ0) is 24.7. The largest absolute Gasteiger partial charge is 0.493 e. The van der Waals surface area contributed by atoms with Gasteiger partial charge in [0.15, 0.2) is 22.3 Å². The summed E-state index contributed by atoms with van der Waals surface area (Å²) < 4.78 is 12.4. The van der Waals surface area contributed by atoms with Gasteiger partial charge >= 0.3 is 0 Å². The van der Waals surface area contributed by atoms with E-state index in [2.05, 4.69) is 43.4 Å². The first-order chi connectivity index (χ1) is 16.3. The third kappa shape index (κ3) is 6.75. The van der Waals surface area contributed by atoms with Gasteiger partial charge in [0.1, 0.15) is 5.82 Å². The first-order valence-electron chi connectivity index (χ1n) is 11.4. The van der Waals surface area contributed by atoms with Crippen molar-refractivity contribution in [2.45, 2.75) is 51.1 Å². The molecular weight excluding hydrogens is 452 g/mol. The highest BCUT2D eigenvalue weighted by molar-refractivity contribution is 7.99. The zero-order valence-electron chi connectivity index (χ0n) is 20.7. The molecule has 1 amide bonds. The van der Waals surface area contributed by atoms with Crippen molar-refractivity contribution in [3.63, 3.8) is 0 Å². The number of aromatic nitrogens is 4. The van der Waals surface area contributed by atoms with Crippen molar-refractivity contribution in [1.29, 1.82) is 0 Å². The minimum atomic E-state index is -0.0753. The van der Waals surface area contributed by atoms with Crippen LogP contribution in [0, 0.1) is 5.92 Å². The van der Waals surface area contributed by atoms with Crippen molar-refractivity contribution in [1.82, 2.24) is 25.1 Å². The Morgan fingerprint density at radius 1 is 1.12 bits per heavy atom. The number of benzene rings is 1. The van der Waals surface area contributed by atoms with Crippen LogP contribution in [-0.4, -0.2) is 58.2 Å². The summed E-state index contributed by atoms with van der Waals surface area (Å²) in [6, 6.07) is 5.48. The number of hydrogen-bond acceptors (Lipinski definition) is 8. The SMILES string of the molecule is COc1ccc(CC(=O)NCCn2ncc3c(NCC(C)C)nc(SC(C)C)nc32)cc1OC. The first-order valence-corrected chi connectivity index (χ1v) is 12.3. The predicted octanol–water partition coefficient (Wildman–Crippen LogP) is 3.77. The normalized spacial score (nSPS) is 11.3. The molecule has 0 fully saturated rings. The smallest absolute Gasteiger partial charge is 0.224 e. The van der Waals surface area contributed by atoms with Crippen LogP contribution in [0.5, 0.6) is 11.5 Å². The molecule has 0 aliphatic heterocycles. The maximum Gasteiger partial charge on any atom is 0.224 e. The quantitative estimate of drug-likeness (QED) is 0.295. The fourth-order valence-corrected chi connectivity index (χ4v) is 4.04. The highest BCUT2D eigenvalue weighted by Crippen LogP contribution is 2.28. The summed E-state index contributed by atoms with van der Waals surface area (Å²) in [7, 11) is 3.16. The minimum absolute atomic E-state index is 0.0753. The summed E-state index contributed by atoms with van der Waals surface area (Å²) in [4.78, 5) is 21.9. The molecule has 0 radical (unpaired) electrons. The van der Waals surface area contributed by atoms with Crippen LogP contribution >= 0.6 is 11.8 Å². The van der Waals surface area contributed by atoms with E-state index < -0.39 is 0 Å². The molecule has 0 aliphatic carbocycles. The van der Waals surface area contributed by atoms with E-state index in [0.717, 1.165) is 29.0 Å². The summed E-state index contributed by atoms with van der Waals surface area (Å²) in [6.07, 6.45) is 2.04. The fraction of sp³-hybridized carbons (Fsp3) is 0.500. The number of thioether (sulfide) groups is 1. The number of amides is 1. The van der Waals surface area contributed by atoms with Gasteiger partial charge in [0.2, 0.25) is 5.91 Å². The topological polar surface area (TPSA) is 103 Å². The molecule has 1 aromatic carbocycles. The van der Waals surface area contributed by atoms with Crippen LogP contribution in [-0.2, 0) is 17.8 Å².